The van der Waals surface area contributed by atoms with E-state index in [-0.39, 0.29) is 0 Å². The van der Waals surface area contributed by atoms with Crippen LogP contribution in [0.3, 0.4) is 0 Å². The van der Waals surface area contributed by atoms with Crippen LogP contribution in [0.1, 0.15) is 24.2 Å². The third kappa shape index (κ3) is 3.13. The number of H-pyrrole nitrogens is 1. The molecule has 0 unspecified atom stereocenters. The van der Waals surface area contributed by atoms with Crippen molar-refractivity contribution in [2.45, 2.75) is 25.7 Å². The van der Waals surface area contributed by atoms with Crippen molar-refractivity contribution < 1.29 is 4.74 Å². The first-order valence-electron chi connectivity index (χ1n) is 7.99. The van der Waals surface area contributed by atoms with E-state index in [9.17, 15) is 0 Å². The number of nitrogens with zero attached hydrogens (tertiary/aromatic N) is 2. The third-order valence-electron chi connectivity index (χ3n) is 4.06. The molecule has 6 heteroatoms. The van der Waals surface area contributed by atoms with Crippen LogP contribution in [-0.2, 0) is 17.6 Å². The number of imidazole rings is 1. The first-order valence-corrected chi connectivity index (χ1v) is 7.99. The molecule has 0 aliphatic carbocycles. The van der Waals surface area contributed by atoms with Gasteiger partial charge in [0.2, 0.25) is 0 Å². The Balaban J connectivity index is 2.12. The van der Waals surface area contributed by atoms with E-state index in [2.05, 4.69) is 21.0 Å². The molecule has 2 heterocycles. The maximum absolute atomic E-state index is 6.09. The molecule has 0 bridgehead atoms. The number of aryl methyl sites for hydroxylation is 1. The number of benzene rings is 1. The Kier molecular flexibility index (Phi) is 4.73. The molecule has 0 spiro atoms. The fourth-order valence-electron chi connectivity index (χ4n) is 2.92. The van der Waals surface area contributed by atoms with Crippen molar-refractivity contribution in [2.24, 2.45) is 5.73 Å². The second-order valence-electron chi connectivity index (χ2n) is 5.70. The number of hydrogen-bond donors (Lipinski definition) is 3. The molecule has 6 nitrogen and oxygen atoms in total. The van der Waals surface area contributed by atoms with Crippen LogP contribution in [0.15, 0.2) is 18.2 Å². The van der Waals surface area contributed by atoms with Crippen molar-refractivity contribution in [1.82, 2.24) is 15.0 Å². The highest BCUT2D eigenvalue weighted by atomic mass is 16.5. The van der Waals surface area contributed by atoms with Gasteiger partial charge < -0.3 is 21.2 Å². The SMILES string of the molecule is COCCc1nc2c(N)nc3cccc(CCCCN)c3c2[nH]1. The van der Waals surface area contributed by atoms with E-state index in [1.54, 1.807) is 7.11 Å². The number of aromatic amines is 1. The van der Waals surface area contributed by atoms with Gasteiger partial charge in [0.25, 0.3) is 0 Å². The monoisotopic (exact) mass is 313 g/mol. The summed E-state index contributed by atoms with van der Waals surface area (Å²) in [5.74, 6) is 1.34. The second kappa shape index (κ2) is 6.93. The average molecular weight is 313 g/mol. The van der Waals surface area contributed by atoms with Gasteiger partial charge in [0.05, 0.1) is 17.6 Å². The van der Waals surface area contributed by atoms with Crippen LogP contribution in [0.2, 0.25) is 0 Å². The van der Waals surface area contributed by atoms with E-state index >= 15 is 0 Å². The molecule has 3 aromatic rings. The molecule has 0 radical (unpaired) electrons. The van der Waals surface area contributed by atoms with E-state index in [1.807, 2.05) is 12.1 Å². The number of nitrogen functional groups attached to an aromatic ring is 1. The Morgan fingerprint density at radius 2 is 2.04 bits per heavy atom. The maximum atomic E-state index is 6.09. The average Bonchev–Trinajstić information content (AvgIpc) is 2.98. The van der Waals surface area contributed by atoms with E-state index in [0.717, 1.165) is 60.0 Å². The van der Waals surface area contributed by atoms with Gasteiger partial charge in [-0.15, -0.1) is 0 Å². The molecular formula is C17H23N5O. The molecule has 0 amide bonds. The zero-order valence-corrected chi connectivity index (χ0v) is 13.4. The summed E-state index contributed by atoms with van der Waals surface area (Å²) >= 11 is 0. The summed E-state index contributed by atoms with van der Waals surface area (Å²) in [6.45, 7) is 1.34. The van der Waals surface area contributed by atoms with E-state index in [0.29, 0.717) is 12.4 Å². The third-order valence-corrected chi connectivity index (χ3v) is 4.06. The Morgan fingerprint density at radius 1 is 1.17 bits per heavy atom. The Bertz CT molecular complexity index is 811. The zero-order chi connectivity index (χ0) is 16.2. The number of nitrogens with one attached hydrogen (secondary N) is 1. The molecule has 0 fully saturated rings. The van der Waals surface area contributed by atoms with Crippen molar-refractivity contribution in [3.8, 4) is 0 Å². The summed E-state index contributed by atoms with van der Waals surface area (Å²) in [7, 11) is 1.68. The van der Waals surface area contributed by atoms with Crippen LogP contribution >= 0.6 is 0 Å². The van der Waals surface area contributed by atoms with E-state index < -0.39 is 0 Å². The smallest absolute Gasteiger partial charge is 0.152 e. The highest BCUT2D eigenvalue weighted by Gasteiger charge is 2.14. The van der Waals surface area contributed by atoms with Crippen molar-refractivity contribution in [2.75, 3.05) is 26.0 Å². The number of rotatable bonds is 7. The van der Waals surface area contributed by atoms with E-state index in [4.69, 9.17) is 16.2 Å². The lowest BCUT2D eigenvalue weighted by Gasteiger charge is -2.08. The Hall–Kier alpha value is -2.18. The summed E-state index contributed by atoms with van der Waals surface area (Å²) in [4.78, 5) is 12.5. The number of methoxy groups -OCH3 is 1. The standard InChI is InChI=1S/C17H23N5O/c1-23-10-8-13-21-15-14-11(5-2-3-9-18)6-4-7-12(14)20-17(19)16(15)22-13/h4,6-7H,2-3,5,8-10,18H2,1H3,(H2,19,20)(H,21,22). The molecule has 23 heavy (non-hydrogen) atoms. The molecule has 0 aliphatic heterocycles. The number of fused-ring (bicyclic) bond motifs is 3. The van der Waals surface area contributed by atoms with Crippen molar-refractivity contribution in [3.63, 3.8) is 0 Å². The quantitative estimate of drug-likeness (QED) is 0.580. The largest absolute Gasteiger partial charge is 0.384 e. The van der Waals surface area contributed by atoms with Crippen LogP contribution in [-0.4, -0.2) is 35.2 Å². The Labute approximate surface area is 135 Å². The van der Waals surface area contributed by atoms with Crippen molar-refractivity contribution in [3.05, 3.63) is 29.6 Å². The minimum Gasteiger partial charge on any atom is -0.384 e. The van der Waals surface area contributed by atoms with Gasteiger partial charge in [-0.25, -0.2) is 9.97 Å². The van der Waals surface area contributed by atoms with Gasteiger partial charge in [-0.3, -0.25) is 0 Å². The molecule has 122 valence electrons. The number of pyridine rings is 1. The molecule has 0 atom stereocenters. The molecule has 3 rings (SSSR count). The normalized spacial score (nSPS) is 11.6. The molecule has 2 aromatic heterocycles. The highest BCUT2D eigenvalue weighted by Crippen LogP contribution is 2.29. The number of anilines is 1. The second-order valence-corrected chi connectivity index (χ2v) is 5.70. The first kappa shape index (κ1) is 15.7. The number of aromatic nitrogens is 3. The lowest BCUT2D eigenvalue weighted by Crippen LogP contribution is -2.00. The topological polar surface area (TPSA) is 103 Å². The molecule has 0 aliphatic rings. The lowest BCUT2D eigenvalue weighted by atomic mass is 10.0. The van der Waals surface area contributed by atoms with Crippen molar-refractivity contribution in [1.29, 1.82) is 0 Å². The predicted molar refractivity (Wildman–Crippen MR) is 93.4 cm³/mol. The predicted octanol–water partition coefficient (Wildman–Crippen LogP) is 2.16. The summed E-state index contributed by atoms with van der Waals surface area (Å²) < 4.78 is 5.13. The van der Waals surface area contributed by atoms with Gasteiger partial charge in [-0.05, 0) is 37.4 Å². The van der Waals surface area contributed by atoms with Crippen LogP contribution in [0.5, 0.6) is 0 Å². The summed E-state index contributed by atoms with van der Waals surface area (Å²) in [5.41, 5.74) is 15.6. The molecule has 0 saturated heterocycles. The number of nitrogens with two attached hydrogens (primary N) is 2. The van der Waals surface area contributed by atoms with Gasteiger partial charge in [0.1, 0.15) is 11.3 Å². The van der Waals surface area contributed by atoms with Crippen LogP contribution in [0.4, 0.5) is 5.82 Å². The van der Waals surface area contributed by atoms with Crippen LogP contribution < -0.4 is 11.5 Å². The highest BCUT2D eigenvalue weighted by molar-refractivity contribution is 6.07. The van der Waals surface area contributed by atoms with Gasteiger partial charge in [0.15, 0.2) is 5.82 Å². The van der Waals surface area contributed by atoms with Gasteiger partial charge >= 0.3 is 0 Å². The zero-order valence-electron chi connectivity index (χ0n) is 13.4. The van der Waals surface area contributed by atoms with E-state index in [1.165, 1.54) is 5.56 Å². The van der Waals surface area contributed by atoms with Crippen LogP contribution in [0, 0.1) is 0 Å². The molecule has 1 aromatic carbocycles. The van der Waals surface area contributed by atoms with Gasteiger partial charge in [0, 0.05) is 18.9 Å². The number of ether oxygens (including phenoxy) is 1. The number of hydrogen-bond acceptors (Lipinski definition) is 5. The lowest BCUT2D eigenvalue weighted by molar-refractivity contribution is 0.201. The molecule has 5 N–H and O–H groups in total. The minimum absolute atomic E-state index is 0.464. The van der Waals surface area contributed by atoms with Gasteiger partial charge in [-0.2, -0.15) is 0 Å². The fraction of sp³-hybridized carbons (Fsp3) is 0.412. The molecular weight excluding hydrogens is 290 g/mol. The fourth-order valence-corrected chi connectivity index (χ4v) is 2.92. The minimum atomic E-state index is 0.464. The Morgan fingerprint density at radius 3 is 2.83 bits per heavy atom. The summed E-state index contributed by atoms with van der Waals surface area (Å²) in [6, 6.07) is 6.17. The summed E-state index contributed by atoms with van der Waals surface area (Å²) in [5, 5.41) is 1.12. The van der Waals surface area contributed by atoms with Crippen molar-refractivity contribution >= 4 is 27.8 Å². The first-order chi connectivity index (χ1) is 11.2. The number of unbranched alkanes of at least 4 members (excludes halogenated alkanes) is 1. The maximum Gasteiger partial charge on any atom is 0.152 e. The summed E-state index contributed by atoms with van der Waals surface area (Å²) in [6.07, 6.45) is 3.78. The van der Waals surface area contributed by atoms with Crippen LogP contribution in [0.25, 0.3) is 21.9 Å². The molecule has 0 saturated carbocycles. The van der Waals surface area contributed by atoms with Gasteiger partial charge in [-0.1, -0.05) is 12.1 Å².